The van der Waals surface area contributed by atoms with Gasteiger partial charge in [-0.3, -0.25) is 4.68 Å². The molecule has 0 aliphatic rings. The summed E-state index contributed by atoms with van der Waals surface area (Å²) in [5, 5.41) is 7.61. The quantitative estimate of drug-likeness (QED) is 0.742. The first-order chi connectivity index (χ1) is 9.70. The Morgan fingerprint density at radius 1 is 1.40 bits per heavy atom. The molecule has 0 bridgehead atoms. The Balaban J connectivity index is 1.82. The Hall–Kier alpha value is -1.66. The lowest BCUT2D eigenvalue weighted by Crippen LogP contribution is -2.20. The SMILES string of the molecule is COCCNCCCc1ncc(-c2cc(C)nn2C)o1. The molecule has 0 spiro atoms. The Morgan fingerprint density at radius 3 is 2.95 bits per heavy atom. The summed E-state index contributed by atoms with van der Waals surface area (Å²) in [6.07, 6.45) is 3.59. The number of methoxy groups -OCH3 is 1. The Morgan fingerprint density at radius 2 is 2.25 bits per heavy atom. The zero-order valence-corrected chi connectivity index (χ0v) is 12.3. The third kappa shape index (κ3) is 3.91. The van der Waals surface area contributed by atoms with Gasteiger partial charge < -0.3 is 14.5 Å². The van der Waals surface area contributed by atoms with E-state index in [1.165, 1.54) is 0 Å². The van der Waals surface area contributed by atoms with E-state index in [1.807, 2.05) is 24.7 Å². The number of aryl methyl sites for hydroxylation is 3. The van der Waals surface area contributed by atoms with Crippen molar-refractivity contribution in [2.75, 3.05) is 26.8 Å². The molecular formula is C14H22N4O2. The van der Waals surface area contributed by atoms with E-state index in [4.69, 9.17) is 9.15 Å². The number of rotatable bonds is 8. The Bertz CT molecular complexity index is 533. The molecule has 1 N–H and O–H groups in total. The normalized spacial score (nSPS) is 11.2. The van der Waals surface area contributed by atoms with E-state index >= 15 is 0 Å². The fourth-order valence-electron chi connectivity index (χ4n) is 2.05. The van der Waals surface area contributed by atoms with Crippen molar-refractivity contribution >= 4 is 0 Å². The number of oxazole rings is 1. The lowest BCUT2D eigenvalue weighted by molar-refractivity contribution is 0.199. The minimum absolute atomic E-state index is 0.739. The molecule has 20 heavy (non-hydrogen) atoms. The largest absolute Gasteiger partial charge is 0.439 e. The van der Waals surface area contributed by atoms with Gasteiger partial charge >= 0.3 is 0 Å². The van der Waals surface area contributed by atoms with Crippen molar-refractivity contribution < 1.29 is 9.15 Å². The molecule has 0 saturated carbocycles. The second kappa shape index (κ2) is 7.21. The minimum Gasteiger partial charge on any atom is -0.439 e. The maximum atomic E-state index is 5.77. The lowest BCUT2D eigenvalue weighted by atomic mass is 10.3. The van der Waals surface area contributed by atoms with Crippen LogP contribution in [0.5, 0.6) is 0 Å². The highest BCUT2D eigenvalue weighted by Gasteiger charge is 2.10. The molecule has 110 valence electrons. The second-order valence-electron chi connectivity index (χ2n) is 4.76. The third-order valence-corrected chi connectivity index (χ3v) is 3.04. The molecule has 0 amide bonds. The number of nitrogens with one attached hydrogen (secondary N) is 1. The topological polar surface area (TPSA) is 65.1 Å². The van der Waals surface area contributed by atoms with E-state index in [-0.39, 0.29) is 0 Å². The van der Waals surface area contributed by atoms with Crippen LogP contribution in [0.3, 0.4) is 0 Å². The first-order valence-corrected chi connectivity index (χ1v) is 6.86. The van der Waals surface area contributed by atoms with Crippen LogP contribution in [0.15, 0.2) is 16.7 Å². The molecule has 0 aliphatic heterocycles. The van der Waals surface area contributed by atoms with Crippen LogP contribution in [0.4, 0.5) is 0 Å². The zero-order chi connectivity index (χ0) is 14.4. The van der Waals surface area contributed by atoms with E-state index in [2.05, 4.69) is 15.4 Å². The molecule has 6 nitrogen and oxygen atoms in total. The highest BCUT2D eigenvalue weighted by atomic mass is 16.5. The molecule has 2 heterocycles. The number of hydrogen-bond donors (Lipinski definition) is 1. The fraction of sp³-hybridized carbons (Fsp3) is 0.571. The van der Waals surface area contributed by atoms with E-state index in [0.29, 0.717) is 0 Å². The van der Waals surface area contributed by atoms with E-state index in [9.17, 15) is 0 Å². The smallest absolute Gasteiger partial charge is 0.195 e. The van der Waals surface area contributed by atoms with Crippen LogP contribution in [0.1, 0.15) is 18.0 Å². The summed E-state index contributed by atoms with van der Waals surface area (Å²) in [7, 11) is 3.61. The predicted molar refractivity (Wildman–Crippen MR) is 76.5 cm³/mol. The molecule has 0 aromatic carbocycles. The van der Waals surface area contributed by atoms with Crippen molar-refractivity contribution in [3.63, 3.8) is 0 Å². The summed E-state index contributed by atoms with van der Waals surface area (Å²) in [4.78, 5) is 4.32. The van der Waals surface area contributed by atoms with Gasteiger partial charge in [0.15, 0.2) is 11.7 Å². The van der Waals surface area contributed by atoms with Crippen LogP contribution < -0.4 is 5.32 Å². The maximum Gasteiger partial charge on any atom is 0.195 e. The van der Waals surface area contributed by atoms with Crippen LogP contribution in [0, 0.1) is 6.92 Å². The van der Waals surface area contributed by atoms with Crippen LogP contribution >= 0.6 is 0 Å². The third-order valence-electron chi connectivity index (χ3n) is 3.04. The van der Waals surface area contributed by atoms with E-state index < -0.39 is 0 Å². The van der Waals surface area contributed by atoms with Crippen LogP contribution in [0.25, 0.3) is 11.5 Å². The summed E-state index contributed by atoms with van der Waals surface area (Å²) < 4.78 is 12.5. The van der Waals surface area contributed by atoms with Crippen molar-refractivity contribution in [3.8, 4) is 11.5 Å². The fourth-order valence-corrected chi connectivity index (χ4v) is 2.05. The summed E-state index contributed by atoms with van der Waals surface area (Å²) in [6.45, 7) is 4.52. The van der Waals surface area contributed by atoms with Gasteiger partial charge in [-0.1, -0.05) is 0 Å². The average molecular weight is 278 g/mol. The van der Waals surface area contributed by atoms with Gasteiger partial charge in [0.25, 0.3) is 0 Å². The highest BCUT2D eigenvalue weighted by molar-refractivity contribution is 5.51. The number of aromatic nitrogens is 3. The number of ether oxygens (including phenoxy) is 1. The molecule has 6 heteroatoms. The molecule has 2 aromatic rings. The summed E-state index contributed by atoms with van der Waals surface area (Å²) >= 11 is 0. The molecule has 2 aromatic heterocycles. The standard InChI is InChI=1S/C14H22N4O2/c1-11-9-12(18(2)17-11)13-10-16-14(20-13)5-4-6-15-7-8-19-3/h9-10,15H,4-8H2,1-3H3. The van der Waals surface area contributed by atoms with Gasteiger partial charge in [0, 0.05) is 27.1 Å². The molecule has 0 atom stereocenters. The summed E-state index contributed by atoms with van der Waals surface area (Å²) in [5.41, 5.74) is 1.93. The van der Waals surface area contributed by atoms with Crippen molar-refractivity contribution in [1.29, 1.82) is 0 Å². The molecule has 0 saturated heterocycles. The average Bonchev–Trinajstić information content (AvgIpc) is 3.00. The molecule has 0 unspecified atom stereocenters. The second-order valence-corrected chi connectivity index (χ2v) is 4.76. The van der Waals surface area contributed by atoms with Gasteiger partial charge in [-0.25, -0.2) is 4.98 Å². The van der Waals surface area contributed by atoms with Crippen molar-refractivity contribution in [1.82, 2.24) is 20.1 Å². The predicted octanol–water partition coefficient (Wildman–Crippen LogP) is 1.55. The summed E-state index contributed by atoms with van der Waals surface area (Å²) in [6, 6.07) is 2.00. The minimum atomic E-state index is 0.739. The molecule has 0 aliphatic carbocycles. The first-order valence-electron chi connectivity index (χ1n) is 6.86. The van der Waals surface area contributed by atoms with Crippen molar-refractivity contribution in [3.05, 3.63) is 23.8 Å². The first kappa shape index (κ1) is 14.7. The van der Waals surface area contributed by atoms with E-state index in [0.717, 1.165) is 55.6 Å². The van der Waals surface area contributed by atoms with Crippen LogP contribution in [0.2, 0.25) is 0 Å². The zero-order valence-electron chi connectivity index (χ0n) is 12.3. The van der Waals surface area contributed by atoms with Gasteiger partial charge in [-0.05, 0) is 26.0 Å². The van der Waals surface area contributed by atoms with Crippen molar-refractivity contribution in [2.24, 2.45) is 7.05 Å². The van der Waals surface area contributed by atoms with Gasteiger partial charge in [-0.15, -0.1) is 0 Å². The maximum absolute atomic E-state index is 5.77. The molecule has 2 rings (SSSR count). The Kier molecular flexibility index (Phi) is 5.31. The number of hydrogen-bond acceptors (Lipinski definition) is 5. The van der Waals surface area contributed by atoms with Crippen LogP contribution in [-0.4, -0.2) is 41.6 Å². The monoisotopic (exact) mass is 278 g/mol. The highest BCUT2D eigenvalue weighted by Crippen LogP contribution is 2.21. The van der Waals surface area contributed by atoms with Gasteiger partial charge in [0.05, 0.1) is 18.5 Å². The van der Waals surface area contributed by atoms with Gasteiger partial charge in [0.2, 0.25) is 0 Å². The van der Waals surface area contributed by atoms with Gasteiger partial charge in [-0.2, -0.15) is 5.10 Å². The molecule has 0 radical (unpaired) electrons. The lowest BCUT2D eigenvalue weighted by Gasteiger charge is -2.02. The Labute approximate surface area is 119 Å². The molecule has 0 fully saturated rings. The van der Waals surface area contributed by atoms with Crippen molar-refractivity contribution in [2.45, 2.75) is 19.8 Å². The summed E-state index contributed by atoms with van der Waals surface area (Å²) in [5.74, 6) is 1.54. The van der Waals surface area contributed by atoms with Gasteiger partial charge in [0.1, 0.15) is 5.69 Å². The van der Waals surface area contributed by atoms with E-state index in [1.54, 1.807) is 13.3 Å². The van der Waals surface area contributed by atoms with Crippen LogP contribution in [-0.2, 0) is 18.2 Å². The number of nitrogens with zero attached hydrogens (tertiary/aromatic N) is 3. The molecular weight excluding hydrogens is 256 g/mol.